The van der Waals surface area contributed by atoms with Crippen LogP contribution in [0.2, 0.25) is 0 Å². The Hall–Kier alpha value is -2.33. The highest BCUT2D eigenvalue weighted by Gasteiger charge is 2.23. The summed E-state index contributed by atoms with van der Waals surface area (Å²) in [4.78, 5) is 14.6. The molecule has 1 unspecified atom stereocenters. The van der Waals surface area contributed by atoms with Gasteiger partial charge in [-0.1, -0.05) is 55.0 Å². The first kappa shape index (κ1) is 18.0. The van der Waals surface area contributed by atoms with Crippen molar-refractivity contribution >= 4 is 5.91 Å². The predicted octanol–water partition coefficient (Wildman–Crippen LogP) is 3.18. The molecule has 4 heteroatoms. The standard InChI is InChI=1S/C20H26N2O2/c1-4-22(3)19(17-8-6-5-7-9-17)20(23)21-14-15-24-18-12-10-16(2)11-13-18/h5-13,19H,4,14-15H2,1-3H3,(H,21,23). The van der Waals surface area contributed by atoms with Crippen LogP contribution in [0.3, 0.4) is 0 Å². The summed E-state index contributed by atoms with van der Waals surface area (Å²) in [5, 5.41) is 2.97. The van der Waals surface area contributed by atoms with Gasteiger partial charge < -0.3 is 10.1 Å². The fraction of sp³-hybridized carbons (Fsp3) is 0.350. The molecule has 1 atom stereocenters. The molecule has 0 aliphatic rings. The molecule has 0 bridgehead atoms. The molecule has 0 heterocycles. The number of aryl methyl sites for hydroxylation is 1. The van der Waals surface area contributed by atoms with Gasteiger partial charge in [0.2, 0.25) is 5.91 Å². The van der Waals surface area contributed by atoms with E-state index in [1.54, 1.807) is 0 Å². The highest BCUT2D eigenvalue weighted by molar-refractivity contribution is 5.83. The molecule has 4 nitrogen and oxygen atoms in total. The minimum Gasteiger partial charge on any atom is -0.492 e. The number of carbonyl (C=O) groups is 1. The van der Waals surface area contributed by atoms with Crippen molar-refractivity contribution in [3.8, 4) is 5.75 Å². The molecule has 0 fully saturated rings. The van der Waals surface area contributed by atoms with E-state index >= 15 is 0 Å². The smallest absolute Gasteiger partial charge is 0.242 e. The second kappa shape index (κ2) is 9.08. The van der Waals surface area contributed by atoms with E-state index < -0.39 is 0 Å². The number of hydrogen-bond acceptors (Lipinski definition) is 3. The van der Waals surface area contributed by atoms with Crippen molar-refractivity contribution in [1.82, 2.24) is 10.2 Å². The lowest BCUT2D eigenvalue weighted by Gasteiger charge is -2.26. The zero-order valence-electron chi connectivity index (χ0n) is 14.7. The second-order valence-corrected chi connectivity index (χ2v) is 5.84. The fourth-order valence-corrected chi connectivity index (χ4v) is 2.50. The maximum Gasteiger partial charge on any atom is 0.242 e. The summed E-state index contributed by atoms with van der Waals surface area (Å²) in [6.07, 6.45) is 0. The van der Waals surface area contributed by atoms with Crippen LogP contribution in [0.4, 0.5) is 0 Å². The summed E-state index contributed by atoms with van der Waals surface area (Å²) in [6, 6.07) is 17.5. The van der Waals surface area contributed by atoms with Gasteiger partial charge >= 0.3 is 0 Å². The number of ether oxygens (including phenoxy) is 1. The average molecular weight is 326 g/mol. The molecule has 0 spiro atoms. The lowest BCUT2D eigenvalue weighted by Crippen LogP contribution is -2.40. The first-order chi connectivity index (χ1) is 11.6. The van der Waals surface area contributed by atoms with Gasteiger partial charge in [-0.3, -0.25) is 9.69 Å². The molecule has 2 aromatic rings. The number of nitrogens with zero attached hydrogens (tertiary/aromatic N) is 1. The summed E-state index contributed by atoms with van der Waals surface area (Å²) in [6.45, 7) is 5.81. The number of likely N-dealkylation sites (N-methyl/N-ethyl adjacent to an activating group) is 1. The molecular weight excluding hydrogens is 300 g/mol. The number of rotatable bonds is 8. The summed E-state index contributed by atoms with van der Waals surface area (Å²) in [5.74, 6) is 0.818. The van der Waals surface area contributed by atoms with Crippen LogP contribution in [0.25, 0.3) is 0 Å². The van der Waals surface area contributed by atoms with Gasteiger partial charge in [0.05, 0.1) is 6.54 Å². The Labute approximate surface area is 144 Å². The van der Waals surface area contributed by atoms with Gasteiger partial charge in [0.1, 0.15) is 18.4 Å². The highest BCUT2D eigenvalue weighted by Crippen LogP contribution is 2.19. The van der Waals surface area contributed by atoms with E-state index in [1.807, 2.05) is 80.4 Å². The van der Waals surface area contributed by atoms with Crippen LogP contribution in [0.15, 0.2) is 54.6 Å². The molecule has 2 aromatic carbocycles. The third-order valence-electron chi connectivity index (χ3n) is 3.99. The van der Waals surface area contributed by atoms with E-state index in [-0.39, 0.29) is 11.9 Å². The molecule has 0 aliphatic heterocycles. The van der Waals surface area contributed by atoms with Gasteiger partial charge in [-0.2, -0.15) is 0 Å². The van der Waals surface area contributed by atoms with Gasteiger partial charge in [0, 0.05) is 0 Å². The van der Waals surface area contributed by atoms with Crippen molar-refractivity contribution in [2.24, 2.45) is 0 Å². The van der Waals surface area contributed by atoms with Gasteiger partial charge in [0.15, 0.2) is 0 Å². The van der Waals surface area contributed by atoms with Crippen LogP contribution in [-0.2, 0) is 4.79 Å². The molecular formula is C20H26N2O2. The average Bonchev–Trinajstić information content (AvgIpc) is 2.61. The quantitative estimate of drug-likeness (QED) is 0.758. The Balaban J connectivity index is 1.87. The molecule has 1 N–H and O–H groups in total. The van der Waals surface area contributed by atoms with Crippen LogP contribution in [-0.4, -0.2) is 37.6 Å². The van der Waals surface area contributed by atoms with Crippen molar-refractivity contribution in [2.45, 2.75) is 19.9 Å². The highest BCUT2D eigenvalue weighted by atomic mass is 16.5. The molecule has 0 saturated heterocycles. The Morgan fingerprint density at radius 2 is 1.79 bits per heavy atom. The van der Waals surface area contributed by atoms with E-state index in [0.29, 0.717) is 13.2 Å². The monoisotopic (exact) mass is 326 g/mol. The fourth-order valence-electron chi connectivity index (χ4n) is 2.50. The Morgan fingerprint density at radius 3 is 2.42 bits per heavy atom. The molecule has 0 saturated carbocycles. The number of hydrogen-bond donors (Lipinski definition) is 1. The number of amides is 1. The van der Waals surface area contributed by atoms with Gasteiger partial charge in [-0.05, 0) is 38.2 Å². The third-order valence-corrected chi connectivity index (χ3v) is 3.99. The van der Waals surface area contributed by atoms with E-state index in [4.69, 9.17) is 4.74 Å². The number of benzene rings is 2. The van der Waals surface area contributed by atoms with E-state index in [2.05, 4.69) is 5.32 Å². The normalized spacial score (nSPS) is 12.0. The van der Waals surface area contributed by atoms with Crippen molar-refractivity contribution in [2.75, 3.05) is 26.7 Å². The Kier molecular flexibility index (Phi) is 6.82. The van der Waals surface area contributed by atoms with Crippen molar-refractivity contribution in [3.05, 3.63) is 65.7 Å². The summed E-state index contributed by atoms with van der Waals surface area (Å²) < 4.78 is 5.66. The third kappa shape index (κ3) is 5.10. The molecule has 24 heavy (non-hydrogen) atoms. The number of carbonyl (C=O) groups excluding carboxylic acids is 1. The molecule has 0 aliphatic carbocycles. The SMILES string of the molecule is CCN(C)C(C(=O)NCCOc1ccc(C)cc1)c1ccccc1. The molecule has 2 rings (SSSR count). The maximum atomic E-state index is 12.6. The lowest BCUT2D eigenvalue weighted by atomic mass is 10.0. The van der Waals surface area contributed by atoms with Gasteiger partial charge in [-0.15, -0.1) is 0 Å². The van der Waals surface area contributed by atoms with Crippen LogP contribution < -0.4 is 10.1 Å². The first-order valence-corrected chi connectivity index (χ1v) is 8.34. The predicted molar refractivity (Wildman–Crippen MR) is 97.2 cm³/mol. The molecule has 0 radical (unpaired) electrons. The summed E-state index contributed by atoms with van der Waals surface area (Å²) >= 11 is 0. The maximum absolute atomic E-state index is 12.6. The van der Waals surface area contributed by atoms with Crippen LogP contribution in [0, 0.1) is 6.92 Å². The van der Waals surface area contributed by atoms with Crippen LogP contribution in [0.5, 0.6) is 5.75 Å². The first-order valence-electron chi connectivity index (χ1n) is 8.34. The van der Waals surface area contributed by atoms with E-state index in [9.17, 15) is 4.79 Å². The minimum atomic E-state index is -0.282. The Morgan fingerprint density at radius 1 is 1.12 bits per heavy atom. The van der Waals surface area contributed by atoms with E-state index in [0.717, 1.165) is 17.9 Å². The minimum absolute atomic E-state index is 0.00180. The van der Waals surface area contributed by atoms with Gasteiger partial charge in [-0.25, -0.2) is 0 Å². The summed E-state index contributed by atoms with van der Waals surface area (Å²) in [7, 11) is 1.96. The molecule has 0 aromatic heterocycles. The zero-order valence-corrected chi connectivity index (χ0v) is 14.7. The van der Waals surface area contributed by atoms with Crippen molar-refractivity contribution < 1.29 is 9.53 Å². The Bertz CT molecular complexity index is 626. The van der Waals surface area contributed by atoms with Crippen molar-refractivity contribution in [1.29, 1.82) is 0 Å². The lowest BCUT2D eigenvalue weighted by molar-refractivity contribution is -0.126. The zero-order chi connectivity index (χ0) is 17.4. The molecule has 1 amide bonds. The second-order valence-electron chi connectivity index (χ2n) is 5.84. The number of nitrogens with one attached hydrogen (secondary N) is 1. The van der Waals surface area contributed by atoms with Gasteiger partial charge in [0.25, 0.3) is 0 Å². The largest absolute Gasteiger partial charge is 0.492 e. The van der Waals surface area contributed by atoms with Crippen molar-refractivity contribution in [3.63, 3.8) is 0 Å². The van der Waals surface area contributed by atoms with Crippen LogP contribution in [0.1, 0.15) is 24.1 Å². The summed E-state index contributed by atoms with van der Waals surface area (Å²) in [5.41, 5.74) is 2.20. The van der Waals surface area contributed by atoms with Crippen LogP contribution >= 0.6 is 0 Å². The topological polar surface area (TPSA) is 41.6 Å². The molecule has 128 valence electrons. The van der Waals surface area contributed by atoms with E-state index in [1.165, 1.54) is 5.56 Å².